The summed E-state index contributed by atoms with van der Waals surface area (Å²) in [4.78, 5) is 20.7. The van der Waals surface area contributed by atoms with E-state index in [4.69, 9.17) is 21.6 Å². The monoisotopic (exact) mass is 359 g/mol. The van der Waals surface area contributed by atoms with Gasteiger partial charge in [0.25, 0.3) is 5.91 Å². The molecule has 3 rings (SSSR count). The molecule has 1 N–H and O–H groups in total. The number of nitrogens with zero attached hydrogens (tertiary/aromatic N) is 4. The van der Waals surface area contributed by atoms with Crippen molar-refractivity contribution < 1.29 is 9.53 Å². The van der Waals surface area contributed by atoms with Crippen LogP contribution in [0.4, 0.5) is 0 Å². The van der Waals surface area contributed by atoms with E-state index in [1.165, 1.54) is 12.3 Å². The van der Waals surface area contributed by atoms with E-state index in [1.807, 2.05) is 23.9 Å². The highest BCUT2D eigenvalue weighted by molar-refractivity contribution is 6.33. The van der Waals surface area contributed by atoms with Crippen molar-refractivity contribution in [3.63, 3.8) is 0 Å². The van der Waals surface area contributed by atoms with E-state index >= 15 is 0 Å². The van der Waals surface area contributed by atoms with E-state index in [9.17, 15) is 4.79 Å². The molecule has 2 aromatic rings. The Labute approximate surface area is 150 Å². The lowest BCUT2D eigenvalue weighted by Crippen LogP contribution is -2.36. The molecular formula is C17H18ClN5O2. The first kappa shape index (κ1) is 17.4. The fourth-order valence-corrected chi connectivity index (χ4v) is 3.21. The van der Waals surface area contributed by atoms with Crippen molar-refractivity contribution in [2.45, 2.75) is 18.9 Å². The number of aryl methyl sites for hydroxylation is 1. The van der Waals surface area contributed by atoms with Gasteiger partial charge in [-0.05, 0) is 18.9 Å². The molecule has 1 amide bonds. The molecule has 2 atom stereocenters. The molecule has 7 nitrogen and oxygen atoms in total. The summed E-state index contributed by atoms with van der Waals surface area (Å²) in [5.74, 6) is 0.614. The summed E-state index contributed by atoms with van der Waals surface area (Å²) in [6, 6.07) is 3.37. The Morgan fingerprint density at radius 3 is 3.08 bits per heavy atom. The topological polar surface area (TPSA) is 92.8 Å². The van der Waals surface area contributed by atoms with Crippen molar-refractivity contribution in [1.29, 1.82) is 5.26 Å². The van der Waals surface area contributed by atoms with Gasteiger partial charge in [-0.3, -0.25) is 4.79 Å². The molecule has 0 radical (unpaired) electrons. The van der Waals surface area contributed by atoms with E-state index in [-0.39, 0.29) is 28.6 Å². The van der Waals surface area contributed by atoms with Crippen LogP contribution in [0.15, 0.2) is 24.7 Å². The van der Waals surface area contributed by atoms with Crippen LogP contribution in [0.2, 0.25) is 5.02 Å². The number of rotatable bonds is 4. The summed E-state index contributed by atoms with van der Waals surface area (Å²) in [5.41, 5.74) is 0.433. The Morgan fingerprint density at radius 1 is 1.56 bits per heavy atom. The molecule has 25 heavy (non-hydrogen) atoms. The minimum Gasteiger partial charge on any atom is -0.370 e. The summed E-state index contributed by atoms with van der Waals surface area (Å²) in [6.45, 7) is 1.12. The maximum Gasteiger partial charge on any atom is 0.271 e. The summed E-state index contributed by atoms with van der Waals surface area (Å²) >= 11 is 6.04. The number of ether oxygens (including phenoxy) is 1. The number of imidazole rings is 1. The minimum atomic E-state index is -0.362. The molecule has 0 unspecified atom stereocenters. The lowest BCUT2D eigenvalue weighted by atomic mass is 9.93. The van der Waals surface area contributed by atoms with Crippen LogP contribution in [0.25, 0.3) is 0 Å². The summed E-state index contributed by atoms with van der Waals surface area (Å²) in [7, 11) is 1.93. The van der Waals surface area contributed by atoms with Crippen LogP contribution in [-0.4, -0.2) is 33.6 Å². The van der Waals surface area contributed by atoms with Crippen LogP contribution in [0.5, 0.6) is 0 Å². The second-order valence-corrected chi connectivity index (χ2v) is 6.37. The Hall–Kier alpha value is -2.43. The van der Waals surface area contributed by atoms with E-state index in [0.717, 1.165) is 18.7 Å². The predicted molar refractivity (Wildman–Crippen MR) is 90.9 cm³/mol. The third-order valence-corrected chi connectivity index (χ3v) is 4.56. The normalized spacial score (nSPS) is 20.0. The van der Waals surface area contributed by atoms with Crippen molar-refractivity contribution in [2.24, 2.45) is 13.0 Å². The van der Waals surface area contributed by atoms with Crippen molar-refractivity contribution in [3.8, 4) is 6.07 Å². The molecule has 3 heterocycles. The van der Waals surface area contributed by atoms with Gasteiger partial charge >= 0.3 is 0 Å². The maximum atomic E-state index is 12.4. The van der Waals surface area contributed by atoms with Gasteiger partial charge in [-0.1, -0.05) is 11.6 Å². The first-order valence-electron chi connectivity index (χ1n) is 8.03. The van der Waals surface area contributed by atoms with Gasteiger partial charge in [0.1, 0.15) is 23.7 Å². The lowest BCUT2D eigenvalue weighted by Gasteiger charge is -2.31. The van der Waals surface area contributed by atoms with Crippen LogP contribution in [0, 0.1) is 17.2 Å². The minimum absolute atomic E-state index is 0.117. The molecule has 0 spiro atoms. The molecule has 0 aromatic carbocycles. The average molecular weight is 360 g/mol. The van der Waals surface area contributed by atoms with Crippen molar-refractivity contribution in [3.05, 3.63) is 46.8 Å². The van der Waals surface area contributed by atoms with Crippen LogP contribution in [0.1, 0.15) is 40.8 Å². The van der Waals surface area contributed by atoms with Gasteiger partial charge in [0, 0.05) is 44.7 Å². The zero-order chi connectivity index (χ0) is 17.8. The molecule has 1 aliphatic rings. The Kier molecular flexibility index (Phi) is 5.31. The molecule has 2 aromatic heterocycles. The number of nitrogens with one attached hydrogen (secondary N) is 1. The number of carbonyl (C=O) groups is 1. The number of pyridine rings is 1. The van der Waals surface area contributed by atoms with Gasteiger partial charge in [-0.25, -0.2) is 9.97 Å². The molecule has 1 fully saturated rings. The van der Waals surface area contributed by atoms with Crippen LogP contribution in [0.3, 0.4) is 0 Å². The fourth-order valence-electron chi connectivity index (χ4n) is 2.96. The molecular weight excluding hydrogens is 342 g/mol. The summed E-state index contributed by atoms with van der Waals surface area (Å²) < 4.78 is 7.83. The summed E-state index contributed by atoms with van der Waals surface area (Å²) in [5, 5.41) is 11.9. The smallest absolute Gasteiger partial charge is 0.271 e. The highest BCUT2D eigenvalue weighted by Crippen LogP contribution is 2.32. The average Bonchev–Trinajstić information content (AvgIpc) is 3.05. The van der Waals surface area contributed by atoms with E-state index in [2.05, 4.69) is 15.3 Å². The number of nitriles is 1. The largest absolute Gasteiger partial charge is 0.370 e. The number of hydrogen-bond acceptors (Lipinski definition) is 5. The number of amides is 1. The lowest BCUT2D eigenvalue weighted by molar-refractivity contribution is -0.0337. The van der Waals surface area contributed by atoms with E-state index in [1.54, 1.807) is 6.20 Å². The molecule has 130 valence electrons. The quantitative estimate of drug-likeness (QED) is 0.903. The van der Waals surface area contributed by atoms with Crippen molar-refractivity contribution >= 4 is 17.5 Å². The number of aromatic nitrogens is 3. The molecule has 0 saturated carbocycles. The summed E-state index contributed by atoms with van der Waals surface area (Å²) in [6.07, 6.45) is 6.68. The van der Waals surface area contributed by atoms with E-state index in [0.29, 0.717) is 18.7 Å². The van der Waals surface area contributed by atoms with Crippen LogP contribution < -0.4 is 5.32 Å². The van der Waals surface area contributed by atoms with Gasteiger partial charge in [-0.2, -0.15) is 5.26 Å². The molecule has 0 aliphatic carbocycles. The van der Waals surface area contributed by atoms with Gasteiger partial charge < -0.3 is 14.6 Å². The zero-order valence-electron chi connectivity index (χ0n) is 13.8. The molecule has 1 saturated heterocycles. The van der Waals surface area contributed by atoms with Crippen molar-refractivity contribution in [1.82, 2.24) is 19.9 Å². The van der Waals surface area contributed by atoms with Gasteiger partial charge in [0.05, 0.1) is 10.6 Å². The third-order valence-electron chi connectivity index (χ3n) is 4.27. The molecule has 8 heteroatoms. The maximum absolute atomic E-state index is 12.4. The number of hydrogen-bond donors (Lipinski definition) is 1. The first-order valence-corrected chi connectivity index (χ1v) is 8.40. The predicted octanol–water partition coefficient (Wildman–Crippen LogP) is 2.24. The molecule has 0 bridgehead atoms. The van der Waals surface area contributed by atoms with Crippen molar-refractivity contribution in [2.75, 3.05) is 13.2 Å². The second-order valence-electron chi connectivity index (χ2n) is 5.97. The van der Waals surface area contributed by atoms with Crippen LogP contribution in [-0.2, 0) is 11.8 Å². The highest BCUT2D eigenvalue weighted by Gasteiger charge is 2.30. The number of carbonyl (C=O) groups excluding carboxylic acids is 1. The van der Waals surface area contributed by atoms with Crippen LogP contribution >= 0.6 is 11.6 Å². The van der Waals surface area contributed by atoms with Gasteiger partial charge in [-0.15, -0.1) is 0 Å². The Bertz CT molecular complexity index is 814. The second kappa shape index (κ2) is 7.64. The first-order chi connectivity index (χ1) is 12.1. The van der Waals surface area contributed by atoms with E-state index < -0.39 is 0 Å². The SMILES string of the molecule is Cn1ccnc1[C@@H]1OCCC[C@H]1CNC(=O)c1ncc(C#N)cc1Cl. The Balaban J connectivity index is 1.68. The number of halogens is 1. The van der Waals surface area contributed by atoms with Gasteiger partial charge in [0.15, 0.2) is 0 Å². The third kappa shape index (κ3) is 3.81. The highest BCUT2D eigenvalue weighted by atomic mass is 35.5. The zero-order valence-corrected chi connectivity index (χ0v) is 14.5. The van der Waals surface area contributed by atoms with Gasteiger partial charge in [0.2, 0.25) is 0 Å². The standard InChI is InChI=1S/C17H18ClN5O2/c1-23-5-4-20-16(23)15-12(3-2-6-25-15)10-22-17(24)14-13(18)7-11(8-19)9-21-14/h4-5,7,9,12,15H,2-3,6,10H2,1H3,(H,22,24)/t12-,15+/m0/s1. The molecule has 1 aliphatic heterocycles. The fraction of sp³-hybridized carbons (Fsp3) is 0.412. The Morgan fingerprint density at radius 2 is 2.40 bits per heavy atom.